The lowest BCUT2D eigenvalue weighted by Gasteiger charge is -2.10. The zero-order valence-electron chi connectivity index (χ0n) is 13.0. The number of carbonyl (C=O) groups is 1. The molecule has 0 radical (unpaired) electrons. The number of aromatic nitrogens is 3. The summed E-state index contributed by atoms with van der Waals surface area (Å²) in [6.07, 6.45) is 3.37. The summed E-state index contributed by atoms with van der Waals surface area (Å²) in [7, 11) is 1.59. The van der Waals surface area contributed by atoms with Crippen LogP contribution >= 0.6 is 0 Å². The minimum absolute atomic E-state index is 0.281. The van der Waals surface area contributed by atoms with Crippen molar-refractivity contribution in [3.05, 3.63) is 41.2 Å². The van der Waals surface area contributed by atoms with Crippen LogP contribution in [-0.2, 0) is 22.7 Å². The van der Waals surface area contributed by atoms with Gasteiger partial charge < -0.3 is 14.2 Å². The lowest BCUT2D eigenvalue weighted by Crippen LogP contribution is -2.15. The minimum atomic E-state index is -0.377. The zero-order valence-corrected chi connectivity index (χ0v) is 13.0. The molecular formula is C16H17N3O4. The van der Waals surface area contributed by atoms with Gasteiger partial charge in [0.2, 0.25) is 0 Å². The fraction of sp³-hybridized carbons (Fsp3) is 0.312. The second kappa shape index (κ2) is 6.51. The summed E-state index contributed by atoms with van der Waals surface area (Å²) in [4.78, 5) is 12.2. The second-order valence-corrected chi connectivity index (χ2v) is 4.97. The molecule has 7 heteroatoms. The van der Waals surface area contributed by atoms with Crippen LogP contribution in [0.15, 0.2) is 30.0 Å². The van der Waals surface area contributed by atoms with E-state index in [-0.39, 0.29) is 12.5 Å². The Morgan fingerprint density at radius 3 is 3.09 bits per heavy atom. The molecule has 0 saturated carbocycles. The van der Waals surface area contributed by atoms with Gasteiger partial charge in [-0.15, -0.1) is 5.10 Å². The summed E-state index contributed by atoms with van der Waals surface area (Å²) in [5.74, 6) is 0.930. The molecule has 0 aliphatic carbocycles. The molecule has 0 saturated heterocycles. The first-order valence-electron chi connectivity index (χ1n) is 7.27. The molecule has 1 aliphatic heterocycles. The Balaban J connectivity index is 2.07. The van der Waals surface area contributed by atoms with Gasteiger partial charge in [0.15, 0.2) is 0 Å². The van der Waals surface area contributed by atoms with Crippen LogP contribution in [0.1, 0.15) is 18.2 Å². The predicted molar refractivity (Wildman–Crippen MR) is 82.0 cm³/mol. The molecule has 0 bridgehead atoms. The highest BCUT2D eigenvalue weighted by molar-refractivity contribution is 5.94. The number of rotatable bonds is 3. The number of carbonyl (C=O) groups excluding carboxylic acids is 1. The second-order valence-electron chi connectivity index (χ2n) is 4.97. The summed E-state index contributed by atoms with van der Waals surface area (Å²) in [5.41, 5.74) is 2.04. The largest absolute Gasteiger partial charge is 0.497 e. The first-order chi connectivity index (χ1) is 11.2. The molecule has 1 aromatic heterocycles. The lowest BCUT2D eigenvalue weighted by molar-refractivity contribution is -0.138. The number of fused-ring (bicyclic) bond motifs is 2. The number of nitrogens with zero attached hydrogens (tertiary/aromatic N) is 3. The van der Waals surface area contributed by atoms with Crippen LogP contribution in [0.5, 0.6) is 11.5 Å². The molecule has 1 aliphatic rings. The maximum Gasteiger partial charge on any atom is 0.335 e. The van der Waals surface area contributed by atoms with Gasteiger partial charge in [0.05, 0.1) is 37.7 Å². The normalized spacial score (nSPS) is 15.7. The predicted octanol–water partition coefficient (Wildman–Crippen LogP) is 1.83. The van der Waals surface area contributed by atoms with Crippen LogP contribution in [0.3, 0.4) is 0 Å². The number of benzene rings is 1. The SMILES string of the molecule is CCOC(=O)/C1=C/c2ccc(OC)cc2OCc2cnnn2C1. The highest BCUT2D eigenvalue weighted by Crippen LogP contribution is 2.29. The van der Waals surface area contributed by atoms with E-state index in [4.69, 9.17) is 14.2 Å². The Hall–Kier alpha value is -2.83. The Kier molecular flexibility index (Phi) is 4.27. The average Bonchev–Trinajstić information content (AvgIpc) is 3.01. The molecule has 0 fully saturated rings. The first-order valence-corrected chi connectivity index (χ1v) is 7.27. The summed E-state index contributed by atoms with van der Waals surface area (Å²) >= 11 is 0. The van der Waals surface area contributed by atoms with Gasteiger partial charge in [-0.1, -0.05) is 5.21 Å². The summed E-state index contributed by atoms with van der Waals surface area (Å²) in [6.45, 7) is 2.67. The van der Waals surface area contributed by atoms with E-state index >= 15 is 0 Å². The van der Waals surface area contributed by atoms with Crippen molar-refractivity contribution in [3.63, 3.8) is 0 Å². The van der Waals surface area contributed by atoms with Crippen molar-refractivity contribution in [1.29, 1.82) is 0 Å². The van der Waals surface area contributed by atoms with Gasteiger partial charge in [-0.3, -0.25) is 0 Å². The van der Waals surface area contributed by atoms with Gasteiger partial charge in [0.1, 0.15) is 18.1 Å². The van der Waals surface area contributed by atoms with E-state index in [1.54, 1.807) is 37.1 Å². The van der Waals surface area contributed by atoms with E-state index in [1.165, 1.54) is 0 Å². The Bertz CT molecular complexity index is 752. The molecule has 3 rings (SSSR count). The third-order valence-corrected chi connectivity index (χ3v) is 3.48. The Morgan fingerprint density at radius 2 is 2.30 bits per heavy atom. The molecule has 0 spiro atoms. The minimum Gasteiger partial charge on any atom is -0.497 e. The molecule has 1 aromatic carbocycles. The van der Waals surface area contributed by atoms with Crippen molar-refractivity contribution < 1.29 is 19.0 Å². The van der Waals surface area contributed by atoms with Crippen molar-refractivity contribution in [3.8, 4) is 11.5 Å². The smallest absolute Gasteiger partial charge is 0.335 e. The van der Waals surface area contributed by atoms with Crippen LogP contribution in [0.2, 0.25) is 0 Å². The zero-order chi connectivity index (χ0) is 16.2. The highest BCUT2D eigenvalue weighted by atomic mass is 16.5. The lowest BCUT2D eigenvalue weighted by atomic mass is 10.1. The maximum absolute atomic E-state index is 12.2. The van der Waals surface area contributed by atoms with Gasteiger partial charge in [0, 0.05) is 11.6 Å². The molecule has 0 unspecified atom stereocenters. The van der Waals surface area contributed by atoms with Gasteiger partial charge in [0.25, 0.3) is 0 Å². The summed E-state index contributed by atoms with van der Waals surface area (Å²) < 4.78 is 17.8. The van der Waals surface area contributed by atoms with Gasteiger partial charge in [-0.05, 0) is 25.1 Å². The standard InChI is InChI=1S/C16H17N3O4/c1-3-22-16(20)12-6-11-4-5-14(21-2)7-15(11)23-10-13-8-17-18-19(13)9-12/h4-8H,3,9-10H2,1-2H3/b12-6+. The third-order valence-electron chi connectivity index (χ3n) is 3.48. The Morgan fingerprint density at radius 1 is 1.43 bits per heavy atom. The van der Waals surface area contributed by atoms with Crippen LogP contribution in [0.4, 0.5) is 0 Å². The molecule has 0 atom stereocenters. The molecule has 0 amide bonds. The Labute approximate surface area is 133 Å². The van der Waals surface area contributed by atoms with E-state index in [9.17, 15) is 4.79 Å². The number of ether oxygens (including phenoxy) is 3. The summed E-state index contributed by atoms with van der Waals surface area (Å²) in [6, 6.07) is 5.45. The van der Waals surface area contributed by atoms with Crippen LogP contribution in [0, 0.1) is 0 Å². The molecule has 23 heavy (non-hydrogen) atoms. The monoisotopic (exact) mass is 315 g/mol. The van der Waals surface area contributed by atoms with Crippen LogP contribution in [0.25, 0.3) is 6.08 Å². The molecule has 0 N–H and O–H groups in total. The number of hydrogen-bond acceptors (Lipinski definition) is 6. The van der Waals surface area contributed by atoms with Crippen molar-refractivity contribution in [2.45, 2.75) is 20.1 Å². The fourth-order valence-corrected chi connectivity index (χ4v) is 2.30. The quantitative estimate of drug-likeness (QED) is 0.804. The maximum atomic E-state index is 12.2. The highest BCUT2D eigenvalue weighted by Gasteiger charge is 2.18. The topological polar surface area (TPSA) is 75.5 Å². The van der Waals surface area contributed by atoms with E-state index in [2.05, 4.69) is 10.3 Å². The average molecular weight is 315 g/mol. The van der Waals surface area contributed by atoms with Crippen molar-refractivity contribution >= 4 is 12.0 Å². The third kappa shape index (κ3) is 3.18. The van der Waals surface area contributed by atoms with E-state index in [0.29, 0.717) is 30.3 Å². The van der Waals surface area contributed by atoms with Crippen LogP contribution < -0.4 is 9.47 Å². The van der Waals surface area contributed by atoms with Crippen LogP contribution in [-0.4, -0.2) is 34.7 Å². The molecule has 2 aromatic rings. The number of methoxy groups -OCH3 is 1. The first kappa shape index (κ1) is 15.1. The van der Waals surface area contributed by atoms with E-state index in [1.807, 2.05) is 12.1 Å². The fourth-order valence-electron chi connectivity index (χ4n) is 2.30. The molecular weight excluding hydrogens is 298 g/mol. The van der Waals surface area contributed by atoms with Gasteiger partial charge in [-0.25, -0.2) is 9.48 Å². The van der Waals surface area contributed by atoms with Crippen molar-refractivity contribution in [2.24, 2.45) is 0 Å². The summed E-state index contributed by atoms with van der Waals surface area (Å²) in [5, 5.41) is 7.88. The van der Waals surface area contributed by atoms with E-state index < -0.39 is 0 Å². The number of esters is 1. The number of hydrogen-bond donors (Lipinski definition) is 0. The van der Waals surface area contributed by atoms with E-state index in [0.717, 1.165) is 11.3 Å². The van der Waals surface area contributed by atoms with Gasteiger partial charge >= 0.3 is 5.97 Å². The van der Waals surface area contributed by atoms with Crippen molar-refractivity contribution in [1.82, 2.24) is 15.0 Å². The molecule has 120 valence electrons. The van der Waals surface area contributed by atoms with Crippen molar-refractivity contribution in [2.75, 3.05) is 13.7 Å². The molecule has 7 nitrogen and oxygen atoms in total. The molecule has 2 heterocycles. The van der Waals surface area contributed by atoms with Gasteiger partial charge in [-0.2, -0.15) is 0 Å².